The molecule has 1 aromatic carbocycles. The van der Waals surface area contributed by atoms with Gasteiger partial charge in [-0.15, -0.1) is 0 Å². The number of benzene rings is 1. The van der Waals surface area contributed by atoms with Gasteiger partial charge in [0.05, 0.1) is 6.07 Å². The van der Waals surface area contributed by atoms with Gasteiger partial charge in [0, 0.05) is 24.3 Å². The molecule has 2 heteroatoms. The number of carbonyl (C=O) groups is 1. The van der Waals surface area contributed by atoms with Crippen molar-refractivity contribution in [3.8, 4) is 6.07 Å². The Morgan fingerprint density at radius 1 is 1.46 bits per heavy atom. The highest BCUT2D eigenvalue weighted by Crippen LogP contribution is 2.34. The van der Waals surface area contributed by atoms with Crippen molar-refractivity contribution in [2.24, 2.45) is 0 Å². The fourth-order valence-electron chi connectivity index (χ4n) is 1.84. The van der Waals surface area contributed by atoms with Crippen molar-refractivity contribution in [3.63, 3.8) is 0 Å². The van der Waals surface area contributed by atoms with Gasteiger partial charge in [-0.25, -0.2) is 0 Å². The molecule has 0 aliphatic heterocycles. The molecule has 1 aliphatic carbocycles. The van der Waals surface area contributed by atoms with E-state index < -0.39 is 0 Å². The summed E-state index contributed by atoms with van der Waals surface area (Å²) in [5.74, 6) is 0.310. The third-order valence-corrected chi connectivity index (χ3v) is 2.47. The van der Waals surface area contributed by atoms with E-state index >= 15 is 0 Å². The third kappa shape index (κ3) is 1.23. The minimum Gasteiger partial charge on any atom is -0.294 e. The second kappa shape index (κ2) is 3.02. The number of hydrogen-bond donors (Lipinski definition) is 0. The van der Waals surface area contributed by atoms with Crippen molar-refractivity contribution >= 4 is 5.78 Å². The highest BCUT2D eigenvalue weighted by atomic mass is 16.1. The number of carbonyl (C=O) groups excluding carboxylic acids is 1. The van der Waals surface area contributed by atoms with E-state index in [-0.39, 0.29) is 11.7 Å². The van der Waals surface area contributed by atoms with E-state index in [1.165, 1.54) is 0 Å². The Labute approximate surface area is 76.8 Å². The number of hydrogen-bond acceptors (Lipinski definition) is 2. The normalized spacial score (nSPS) is 19.6. The van der Waals surface area contributed by atoms with Gasteiger partial charge in [-0.3, -0.25) is 4.79 Å². The Balaban J connectivity index is 2.42. The molecule has 1 unspecified atom stereocenters. The zero-order valence-electron chi connectivity index (χ0n) is 7.16. The first kappa shape index (κ1) is 8.00. The van der Waals surface area contributed by atoms with Crippen molar-refractivity contribution in [2.45, 2.75) is 18.8 Å². The summed E-state index contributed by atoms with van der Waals surface area (Å²) in [4.78, 5) is 11.4. The maximum atomic E-state index is 11.4. The molecule has 0 fully saturated rings. The highest BCUT2D eigenvalue weighted by Gasteiger charge is 2.28. The van der Waals surface area contributed by atoms with Crippen LogP contribution in [0.5, 0.6) is 0 Å². The lowest BCUT2D eigenvalue weighted by Gasteiger charge is -2.03. The average molecular weight is 171 g/mol. The van der Waals surface area contributed by atoms with E-state index in [1.54, 1.807) is 0 Å². The summed E-state index contributed by atoms with van der Waals surface area (Å²) >= 11 is 0. The zero-order valence-corrected chi connectivity index (χ0v) is 7.16. The molecule has 0 radical (unpaired) electrons. The molecule has 0 heterocycles. The van der Waals surface area contributed by atoms with Crippen LogP contribution >= 0.6 is 0 Å². The Morgan fingerprint density at radius 3 is 3.00 bits per heavy atom. The molecule has 1 aromatic rings. The van der Waals surface area contributed by atoms with E-state index in [9.17, 15) is 4.79 Å². The highest BCUT2D eigenvalue weighted by molar-refractivity contribution is 6.01. The summed E-state index contributed by atoms with van der Waals surface area (Å²) < 4.78 is 0. The van der Waals surface area contributed by atoms with Crippen LogP contribution in [-0.4, -0.2) is 5.78 Å². The summed E-state index contributed by atoms with van der Waals surface area (Å²) in [5, 5.41) is 8.58. The van der Waals surface area contributed by atoms with Crippen LogP contribution in [0.15, 0.2) is 24.3 Å². The van der Waals surface area contributed by atoms with Crippen molar-refractivity contribution < 1.29 is 4.79 Å². The summed E-state index contributed by atoms with van der Waals surface area (Å²) in [5.41, 5.74) is 1.86. The third-order valence-electron chi connectivity index (χ3n) is 2.47. The Bertz CT molecular complexity index is 389. The number of ketones is 1. The largest absolute Gasteiger partial charge is 0.294 e. The molecule has 0 aromatic heterocycles. The maximum Gasteiger partial charge on any atom is 0.163 e. The minimum absolute atomic E-state index is 0.133. The van der Waals surface area contributed by atoms with E-state index in [0.717, 1.165) is 11.1 Å². The van der Waals surface area contributed by atoms with E-state index in [4.69, 9.17) is 5.26 Å². The monoisotopic (exact) mass is 171 g/mol. The Kier molecular flexibility index (Phi) is 1.86. The van der Waals surface area contributed by atoms with E-state index in [2.05, 4.69) is 6.07 Å². The number of rotatable bonds is 1. The smallest absolute Gasteiger partial charge is 0.163 e. The molecule has 0 amide bonds. The molecule has 13 heavy (non-hydrogen) atoms. The number of Topliss-reactive ketones (excluding diaryl/α,β-unsaturated/α-hetero) is 1. The van der Waals surface area contributed by atoms with Crippen molar-refractivity contribution in [1.82, 2.24) is 0 Å². The topological polar surface area (TPSA) is 40.9 Å². The first-order chi connectivity index (χ1) is 6.33. The van der Waals surface area contributed by atoms with Crippen LogP contribution in [0.1, 0.15) is 34.7 Å². The van der Waals surface area contributed by atoms with Gasteiger partial charge in [-0.2, -0.15) is 5.26 Å². The molecule has 0 N–H and O–H groups in total. The fraction of sp³-hybridized carbons (Fsp3) is 0.273. The van der Waals surface area contributed by atoms with Gasteiger partial charge in [0.2, 0.25) is 0 Å². The lowest BCUT2D eigenvalue weighted by Crippen LogP contribution is -1.91. The zero-order chi connectivity index (χ0) is 9.26. The molecule has 0 saturated carbocycles. The molecule has 2 rings (SSSR count). The summed E-state index contributed by atoms with van der Waals surface area (Å²) in [7, 11) is 0. The Hall–Kier alpha value is -1.62. The average Bonchev–Trinajstić information content (AvgIpc) is 2.46. The van der Waals surface area contributed by atoms with Gasteiger partial charge in [-0.1, -0.05) is 24.3 Å². The first-order valence-corrected chi connectivity index (χ1v) is 4.32. The summed E-state index contributed by atoms with van der Waals surface area (Å²) in [6.07, 6.45) is 0.954. The summed E-state index contributed by atoms with van der Waals surface area (Å²) in [6, 6.07) is 9.69. The molecule has 1 aliphatic rings. The molecule has 64 valence electrons. The van der Waals surface area contributed by atoms with Crippen molar-refractivity contribution in [2.75, 3.05) is 0 Å². The van der Waals surface area contributed by atoms with Crippen LogP contribution in [0.4, 0.5) is 0 Å². The van der Waals surface area contributed by atoms with Crippen molar-refractivity contribution in [3.05, 3.63) is 35.4 Å². The number of nitrogens with zero attached hydrogens (tertiary/aromatic N) is 1. The predicted octanol–water partition coefficient (Wildman–Crippen LogP) is 2.27. The summed E-state index contributed by atoms with van der Waals surface area (Å²) in [6.45, 7) is 0. The van der Waals surface area contributed by atoms with Crippen LogP contribution in [0.3, 0.4) is 0 Å². The van der Waals surface area contributed by atoms with E-state index in [1.807, 2.05) is 24.3 Å². The van der Waals surface area contributed by atoms with Crippen LogP contribution < -0.4 is 0 Å². The Morgan fingerprint density at radius 2 is 2.23 bits per heavy atom. The maximum absolute atomic E-state index is 11.4. The van der Waals surface area contributed by atoms with Crippen molar-refractivity contribution in [1.29, 1.82) is 5.26 Å². The number of nitriles is 1. The predicted molar refractivity (Wildman–Crippen MR) is 48.4 cm³/mol. The van der Waals surface area contributed by atoms with Gasteiger partial charge in [-0.05, 0) is 5.56 Å². The van der Waals surface area contributed by atoms with Gasteiger partial charge in [0.15, 0.2) is 5.78 Å². The molecule has 0 spiro atoms. The van der Waals surface area contributed by atoms with Gasteiger partial charge in [0.1, 0.15) is 0 Å². The van der Waals surface area contributed by atoms with Crippen LogP contribution in [0.25, 0.3) is 0 Å². The fourth-order valence-corrected chi connectivity index (χ4v) is 1.84. The van der Waals surface area contributed by atoms with Gasteiger partial charge < -0.3 is 0 Å². The lowest BCUT2D eigenvalue weighted by atomic mass is 9.99. The van der Waals surface area contributed by atoms with Crippen LogP contribution in [0.2, 0.25) is 0 Å². The minimum atomic E-state index is 0.133. The van der Waals surface area contributed by atoms with Crippen LogP contribution in [-0.2, 0) is 0 Å². The second-order valence-corrected chi connectivity index (χ2v) is 3.27. The molecule has 0 saturated heterocycles. The molecule has 2 nitrogen and oxygen atoms in total. The number of fused-ring (bicyclic) bond motifs is 1. The first-order valence-electron chi connectivity index (χ1n) is 4.32. The van der Waals surface area contributed by atoms with Crippen LogP contribution in [0, 0.1) is 11.3 Å². The van der Waals surface area contributed by atoms with Gasteiger partial charge in [0.25, 0.3) is 0 Å². The van der Waals surface area contributed by atoms with E-state index in [0.29, 0.717) is 12.8 Å². The SMILES string of the molecule is N#CCC1CC(=O)c2ccccc21. The second-order valence-electron chi connectivity index (χ2n) is 3.27. The standard InChI is InChI=1S/C11H9NO/c12-6-5-8-7-11(13)10-4-2-1-3-9(8)10/h1-4,8H,5,7H2. The molecular formula is C11H9NO. The van der Waals surface area contributed by atoms with Gasteiger partial charge >= 0.3 is 0 Å². The molecular weight excluding hydrogens is 162 g/mol. The molecule has 0 bridgehead atoms. The quantitative estimate of drug-likeness (QED) is 0.650. The lowest BCUT2D eigenvalue weighted by molar-refractivity contribution is 0.0989. The molecule has 1 atom stereocenters.